The molecule has 0 radical (unpaired) electrons. The summed E-state index contributed by atoms with van der Waals surface area (Å²) in [7, 11) is -3.79. The fraction of sp³-hybridized carbons (Fsp3) is 0.409. The van der Waals surface area contributed by atoms with E-state index in [1.807, 2.05) is 0 Å². The molecule has 0 aliphatic carbocycles. The summed E-state index contributed by atoms with van der Waals surface area (Å²) in [5.74, 6) is -0.783. The number of carboxylic acids is 1. The van der Waals surface area contributed by atoms with Crippen LogP contribution in [0, 0.1) is 0 Å². The molecule has 0 bridgehead atoms. The maximum absolute atomic E-state index is 12.4. The Bertz CT molecular complexity index is 877. The third-order valence-electron chi connectivity index (χ3n) is 4.55. The van der Waals surface area contributed by atoms with Crippen LogP contribution < -0.4 is 15.2 Å². The number of sulfonamides is 1. The Morgan fingerprint density at radius 3 is 2.23 bits per heavy atom. The number of ether oxygens (including phenoxy) is 1. The Labute approximate surface area is 190 Å². The maximum Gasteiger partial charge on any atom is 0.322 e. The molecule has 0 saturated heterocycles. The van der Waals surface area contributed by atoms with Crippen LogP contribution in [0.2, 0.25) is 0 Å². The van der Waals surface area contributed by atoms with Gasteiger partial charge in [0.15, 0.2) is 0 Å². The number of halogens is 1. The normalized spacial score (nSPS) is 12.0. The lowest BCUT2D eigenvalue weighted by Crippen LogP contribution is -2.42. The monoisotopic (exact) mass is 470 g/mol. The number of nitrogens with two attached hydrogens (primary N) is 1. The van der Waals surface area contributed by atoms with Crippen LogP contribution in [0.1, 0.15) is 36.8 Å². The van der Waals surface area contributed by atoms with Gasteiger partial charge < -0.3 is 15.6 Å². The second-order valence-corrected chi connectivity index (χ2v) is 8.91. The van der Waals surface area contributed by atoms with Gasteiger partial charge in [-0.25, -0.2) is 13.1 Å². The fourth-order valence-electron chi connectivity index (χ4n) is 2.98. The molecular formula is C22H31ClN2O5S. The average Bonchev–Trinajstić information content (AvgIpc) is 2.71. The first kappa shape index (κ1) is 26.9. The summed E-state index contributed by atoms with van der Waals surface area (Å²) >= 11 is 0. The number of benzene rings is 2. The van der Waals surface area contributed by atoms with E-state index in [1.54, 1.807) is 54.6 Å². The van der Waals surface area contributed by atoms with E-state index in [0.29, 0.717) is 30.0 Å². The van der Waals surface area contributed by atoms with Gasteiger partial charge in [0, 0.05) is 0 Å². The van der Waals surface area contributed by atoms with E-state index in [4.69, 9.17) is 10.5 Å². The minimum absolute atomic E-state index is 0. The van der Waals surface area contributed by atoms with Gasteiger partial charge >= 0.3 is 5.97 Å². The van der Waals surface area contributed by atoms with Crippen molar-refractivity contribution in [2.24, 2.45) is 5.73 Å². The highest BCUT2D eigenvalue weighted by Crippen LogP contribution is 2.15. The zero-order valence-corrected chi connectivity index (χ0v) is 19.0. The number of unbranched alkanes of at least 4 members (excludes halogenated alkanes) is 3. The molecule has 7 nitrogen and oxygen atoms in total. The SMILES string of the molecule is Cl.NCCCCCCOc1ccc(C[C@H](NS(=O)(=O)Cc2ccccc2)C(=O)O)cc1. The van der Waals surface area contributed by atoms with Crippen LogP contribution >= 0.6 is 12.4 Å². The van der Waals surface area contributed by atoms with Gasteiger partial charge in [-0.2, -0.15) is 0 Å². The van der Waals surface area contributed by atoms with Crippen LogP contribution in [0.3, 0.4) is 0 Å². The molecule has 0 aromatic heterocycles. The van der Waals surface area contributed by atoms with Crippen molar-refractivity contribution in [1.82, 2.24) is 4.72 Å². The summed E-state index contributed by atoms with van der Waals surface area (Å²) < 4.78 is 32.7. The van der Waals surface area contributed by atoms with Gasteiger partial charge in [-0.3, -0.25) is 4.79 Å². The first-order chi connectivity index (χ1) is 14.4. The number of hydrogen-bond donors (Lipinski definition) is 3. The van der Waals surface area contributed by atoms with Gasteiger partial charge in [0.1, 0.15) is 11.8 Å². The van der Waals surface area contributed by atoms with E-state index in [1.165, 1.54) is 0 Å². The molecule has 0 fully saturated rings. The molecule has 0 spiro atoms. The second kappa shape index (κ2) is 14.0. The quantitative estimate of drug-likeness (QED) is 0.365. The predicted molar refractivity (Wildman–Crippen MR) is 124 cm³/mol. The molecule has 2 aromatic rings. The molecule has 9 heteroatoms. The lowest BCUT2D eigenvalue weighted by Gasteiger charge is -2.15. The molecule has 2 aromatic carbocycles. The van der Waals surface area contributed by atoms with Gasteiger partial charge in [0.2, 0.25) is 10.0 Å². The van der Waals surface area contributed by atoms with E-state index in [0.717, 1.165) is 25.7 Å². The van der Waals surface area contributed by atoms with Gasteiger partial charge in [-0.05, 0) is 49.1 Å². The Balaban J connectivity index is 0.00000480. The van der Waals surface area contributed by atoms with Gasteiger partial charge in [0.25, 0.3) is 0 Å². The van der Waals surface area contributed by atoms with Crippen LogP contribution in [0.4, 0.5) is 0 Å². The zero-order chi connectivity index (χ0) is 21.8. The molecule has 0 heterocycles. The Kier molecular flexibility index (Phi) is 12.2. The fourth-order valence-corrected chi connectivity index (χ4v) is 4.31. The summed E-state index contributed by atoms with van der Waals surface area (Å²) in [5.41, 5.74) is 6.77. The number of nitrogens with one attached hydrogen (secondary N) is 1. The molecule has 2 rings (SSSR count). The molecule has 0 aliphatic rings. The van der Waals surface area contributed by atoms with Crippen LogP contribution in [0.15, 0.2) is 54.6 Å². The highest BCUT2D eigenvalue weighted by atomic mass is 35.5. The van der Waals surface area contributed by atoms with Crippen molar-refractivity contribution in [3.8, 4) is 5.75 Å². The summed E-state index contributed by atoms with van der Waals surface area (Å²) in [5, 5.41) is 9.46. The number of aliphatic carboxylic acids is 1. The molecular weight excluding hydrogens is 440 g/mol. The molecule has 4 N–H and O–H groups in total. The molecule has 0 saturated carbocycles. The minimum atomic E-state index is -3.79. The van der Waals surface area contributed by atoms with E-state index >= 15 is 0 Å². The van der Waals surface area contributed by atoms with Crippen molar-refractivity contribution >= 4 is 28.4 Å². The minimum Gasteiger partial charge on any atom is -0.494 e. The van der Waals surface area contributed by atoms with Crippen LogP contribution in [-0.4, -0.2) is 38.7 Å². The summed E-state index contributed by atoms with van der Waals surface area (Å²) in [4.78, 5) is 11.6. The first-order valence-electron chi connectivity index (χ1n) is 10.1. The number of hydrogen-bond acceptors (Lipinski definition) is 5. The zero-order valence-electron chi connectivity index (χ0n) is 17.4. The van der Waals surface area contributed by atoms with Gasteiger partial charge in [-0.1, -0.05) is 55.3 Å². The van der Waals surface area contributed by atoms with Crippen LogP contribution in [0.5, 0.6) is 5.75 Å². The highest BCUT2D eigenvalue weighted by Gasteiger charge is 2.24. The summed E-state index contributed by atoms with van der Waals surface area (Å²) in [6.07, 6.45) is 4.18. The summed E-state index contributed by atoms with van der Waals surface area (Å²) in [6.45, 7) is 1.32. The molecule has 1 atom stereocenters. The van der Waals surface area contributed by atoms with Crippen molar-refractivity contribution < 1.29 is 23.1 Å². The third kappa shape index (κ3) is 10.6. The van der Waals surface area contributed by atoms with E-state index < -0.39 is 22.0 Å². The van der Waals surface area contributed by atoms with Crippen LogP contribution in [-0.2, 0) is 27.0 Å². The molecule has 0 unspecified atom stereocenters. The van der Waals surface area contributed by atoms with Gasteiger partial charge in [-0.15, -0.1) is 12.4 Å². The van der Waals surface area contributed by atoms with E-state index in [9.17, 15) is 18.3 Å². The molecule has 0 aliphatic heterocycles. The molecule has 31 heavy (non-hydrogen) atoms. The van der Waals surface area contributed by atoms with Gasteiger partial charge in [0.05, 0.1) is 12.4 Å². The average molecular weight is 471 g/mol. The number of carboxylic acid groups (broad SMARTS) is 1. The lowest BCUT2D eigenvalue weighted by molar-refractivity contribution is -0.138. The van der Waals surface area contributed by atoms with Crippen molar-refractivity contribution in [1.29, 1.82) is 0 Å². The number of carbonyl (C=O) groups is 1. The predicted octanol–water partition coefficient (Wildman–Crippen LogP) is 3.12. The Hall–Kier alpha value is -2.13. The smallest absolute Gasteiger partial charge is 0.322 e. The standard InChI is InChI=1S/C22H30N2O5S.ClH/c23-14-6-1-2-7-15-29-20-12-10-18(11-13-20)16-21(22(25)26)24-30(27,28)17-19-8-4-3-5-9-19;/h3-5,8-13,21,24H,1-2,6-7,14-17,23H2,(H,25,26);1H/t21-;/m0./s1. The topological polar surface area (TPSA) is 119 Å². The van der Waals surface area contributed by atoms with E-state index in [-0.39, 0.29) is 24.6 Å². The molecule has 0 amide bonds. The van der Waals surface area contributed by atoms with Crippen molar-refractivity contribution in [3.63, 3.8) is 0 Å². The molecule has 172 valence electrons. The highest BCUT2D eigenvalue weighted by molar-refractivity contribution is 7.88. The Morgan fingerprint density at radius 2 is 1.61 bits per heavy atom. The second-order valence-electron chi connectivity index (χ2n) is 7.15. The number of rotatable bonds is 14. The lowest BCUT2D eigenvalue weighted by atomic mass is 10.1. The van der Waals surface area contributed by atoms with Crippen molar-refractivity contribution in [3.05, 3.63) is 65.7 Å². The Morgan fingerprint density at radius 1 is 0.968 bits per heavy atom. The van der Waals surface area contributed by atoms with E-state index in [2.05, 4.69) is 4.72 Å². The van der Waals surface area contributed by atoms with Crippen molar-refractivity contribution in [2.75, 3.05) is 13.2 Å². The first-order valence-corrected chi connectivity index (χ1v) is 11.7. The van der Waals surface area contributed by atoms with Crippen molar-refractivity contribution in [2.45, 2.75) is 43.9 Å². The summed E-state index contributed by atoms with van der Waals surface area (Å²) in [6, 6.07) is 14.5. The largest absolute Gasteiger partial charge is 0.494 e. The third-order valence-corrected chi connectivity index (χ3v) is 5.91. The maximum atomic E-state index is 12.4. The van der Waals surface area contributed by atoms with Crippen LogP contribution in [0.25, 0.3) is 0 Å².